The quantitative estimate of drug-likeness (QED) is 0.394. The molecule has 0 radical (unpaired) electrons. The fourth-order valence-corrected chi connectivity index (χ4v) is 5.64. The van der Waals surface area contributed by atoms with Gasteiger partial charge in [-0.2, -0.15) is 18.3 Å². The molecule has 8 nitrogen and oxygen atoms in total. The van der Waals surface area contributed by atoms with Crippen molar-refractivity contribution in [3.63, 3.8) is 0 Å². The molecule has 2 atom stereocenters. The zero-order valence-electron chi connectivity index (χ0n) is 21.7. The zero-order chi connectivity index (χ0) is 27.9. The summed E-state index contributed by atoms with van der Waals surface area (Å²) in [4.78, 5) is 25.6. The summed E-state index contributed by atoms with van der Waals surface area (Å²) in [6, 6.07) is 9.09. The van der Waals surface area contributed by atoms with Crippen LogP contribution in [0.3, 0.4) is 0 Å². The second-order valence-corrected chi connectivity index (χ2v) is 10.4. The molecule has 11 heteroatoms. The molecule has 1 aromatic carbocycles. The Morgan fingerprint density at radius 3 is 2.62 bits per heavy atom. The van der Waals surface area contributed by atoms with Gasteiger partial charge in [-0.25, -0.2) is 9.50 Å². The van der Waals surface area contributed by atoms with Gasteiger partial charge in [0.1, 0.15) is 5.69 Å². The maximum Gasteiger partial charge on any atom is 0.416 e. The van der Waals surface area contributed by atoms with Gasteiger partial charge in [-0.3, -0.25) is 14.7 Å². The Morgan fingerprint density at radius 1 is 1.05 bits per heavy atom. The first-order valence-corrected chi connectivity index (χ1v) is 12.9. The van der Waals surface area contributed by atoms with Gasteiger partial charge in [-0.05, 0) is 60.7 Å². The number of carbonyl (C=O) groups excluding carboxylic acids is 1. The number of halogens is 3. The summed E-state index contributed by atoms with van der Waals surface area (Å²) in [6.07, 6.45) is 1.52. The molecule has 1 amide bonds. The highest BCUT2D eigenvalue weighted by Gasteiger charge is 2.40. The molecule has 0 aliphatic carbocycles. The number of hydrogen-bond donors (Lipinski definition) is 1. The number of carbonyl (C=O) groups is 1. The fraction of sp³-hybridized carbons (Fsp3) is 0.310. The van der Waals surface area contributed by atoms with Gasteiger partial charge in [-0.15, -0.1) is 0 Å². The Balaban J connectivity index is 1.17. The van der Waals surface area contributed by atoms with Crippen molar-refractivity contribution < 1.29 is 18.0 Å². The number of pyridine rings is 1. The average molecular weight is 546 g/mol. The van der Waals surface area contributed by atoms with Gasteiger partial charge >= 0.3 is 6.18 Å². The van der Waals surface area contributed by atoms with E-state index in [2.05, 4.69) is 49.1 Å². The molecule has 40 heavy (non-hydrogen) atoms. The van der Waals surface area contributed by atoms with Gasteiger partial charge in [0.25, 0.3) is 5.91 Å². The van der Waals surface area contributed by atoms with Crippen molar-refractivity contribution in [2.45, 2.75) is 12.7 Å². The number of nitrogens with zero attached hydrogens (tertiary/aromatic N) is 6. The number of nitrogens with one attached hydrogen (secondary N) is 1. The number of benzene rings is 1. The van der Waals surface area contributed by atoms with Gasteiger partial charge in [0.2, 0.25) is 0 Å². The monoisotopic (exact) mass is 545 g/mol. The molecule has 2 unspecified atom stereocenters. The second-order valence-electron chi connectivity index (χ2n) is 10.4. The zero-order valence-corrected chi connectivity index (χ0v) is 21.7. The Labute approximate surface area is 228 Å². The van der Waals surface area contributed by atoms with E-state index >= 15 is 0 Å². The van der Waals surface area contributed by atoms with Crippen LogP contribution in [0.25, 0.3) is 5.65 Å². The Morgan fingerprint density at radius 2 is 1.85 bits per heavy atom. The van der Waals surface area contributed by atoms with E-state index in [1.54, 1.807) is 29.0 Å². The number of hydrogen-bond acceptors (Lipinski definition) is 6. The summed E-state index contributed by atoms with van der Waals surface area (Å²) < 4.78 is 43.7. The largest absolute Gasteiger partial charge is 0.416 e. The number of alkyl halides is 3. The molecule has 6 rings (SSSR count). The maximum absolute atomic E-state index is 14.0. The van der Waals surface area contributed by atoms with Crippen LogP contribution in [-0.2, 0) is 12.7 Å². The topological polar surface area (TPSA) is 78.7 Å². The third kappa shape index (κ3) is 5.41. The Bertz CT molecular complexity index is 1620. The Kier molecular flexibility index (Phi) is 6.73. The summed E-state index contributed by atoms with van der Waals surface area (Å²) in [5.41, 5.74) is 1.39. The SMILES string of the molecule is CN1CC2CN(Cc3ccc(NC(=O)c4cncc(C#Cc5cnc6cccnn56)c4)cc3C(F)(F)F)CC2C1. The summed E-state index contributed by atoms with van der Waals surface area (Å²) in [6.45, 7) is 3.79. The van der Waals surface area contributed by atoms with Crippen LogP contribution < -0.4 is 5.32 Å². The predicted octanol–water partition coefficient (Wildman–Crippen LogP) is 3.79. The van der Waals surface area contributed by atoms with Crippen molar-refractivity contribution in [3.8, 4) is 11.8 Å². The molecule has 0 spiro atoms. The first-order valence-electron chi connectivity index (χ1n) is 12.9. The molecule has 4 aromatic rings. The molecule has 0 saturated carbocycles. The number of aromatic nitrogens is 4. The first kappa shape index (κ1) is 26.0. The summed E-state index contributed by atoms with van der Waals surface area (Å²) >= 11 is 0. The Hall–Kier alpha value is -4.27. The van der Waals surface area contributed by atoms with Gasteiger partial charge < -0.3 is 10.2 Å². The minimum absolute atomic E-state index is 0.0642. The van der Waals surface area contributed by atoms with Crippen LogP contribution in [0.2, 0.25) is 0 Å². The van der Waals surface area contributed by atoms with Crippen molar-refractivity contribution in [1.29, 1.82) is 0 Å². The summed E-state index contributed by atoms with van der Waals surface area (Å²) in [5, 5.41) is 6.79. The lowest BCUT2D eigenvalue weighted by molar-refractivity contribution is -0.138. The number of imidazole rings is 1. The molecular weight excluding hydrogens is 519 g/mol. The van der Waals surface area contributed by atoms with Gasteiger partial charge in [-0.1, -0.05) is 12.0 Å². The minimum atomic E-state index is -4.55. The highest BCUT2D eigenvalue weighted by molar-refractivity contribution is 6.04. The van der Waals surface area contributed by atoms with Crippen LogP contribution in [-0.4, -0.2) is 68.5 Å². The number of anilines is 1. The van der Waals surface area contributed by atoms with Gasteiger partial charge in [0.05, 0.1) is 17.3 Å². The molecule has 3 aromatic heterocycles. The predicted molar refractivity (Wildman–Crippen MR) is 142 cm³/mol. The average Bonchev–Trinajstić information content (AvgIpc) is 3.60. The van der Waals surface area contributed by atoms with E-state index in [-0.39, 0.29) is 23.4 Å². The lowest BCUT2D eigenvalue weighted by Crippen LogP contribution is -2.27. The molecule has 0 bridgehead atoms. The van der Waals surface area contributed by atoms with E-state index in [4.69, 9.17) is 0 Å². The standard InChI is InChI=1S/C29H26F3N7O/c1-37-14-22-17-38(18-23(22)15-37)16-20-5-6-24(10-26(20)29(30,31)32)36-28(40)21-9-19(11-33-12-21)4-7-25-13-34-27-3-2-8-35-39(25)27/h2-3,5-6,8-13,22-23H,14-18H2,1H3,(H,36,40). The third-order valence-electron chi connectivity index (χ3n) is 7.42. The number of likely N-dealkylation sites (tertiary alicyclic amines) is 2. The van der Waals surface area contributed by atoms with Crippen LogP contribution in [0.4, 0.5) is 18.9 Å². The van der Waals surface area contributed by atoms with Crippen LogP contribution in [0.1, 0.15) is 32.7 Å². The summed E-state index contributed by atoms with van der Waals surface area (Å²) in [7, 11) is 2.08. The smallest absolute Gasteiger partial charge is 0.322 e. The normalized spacial score (nSPS) is 19.4. The molecule has 2 fully saturated rings. The lowest BCUT2D eigenvalue weighted by Gasteiger charge is -2.22. The van der Waals surface area contributed by atoms with Crippen molar-refractivity contribution in [2.75, 3.05) is 38.5 Å². The molecule has 5 heterocycles. The van der Waals surface area contributed by atoms with E-state index in [1.807, 2.05) is 0 Å². The lowest BCUT2D eigenvalue weighted by atomic mass is 10.0. The highest BCUT2D eigenvalue weighted by Crippen LogP contribution is 2.36. The van der Waals surface area contributed by atoms with Crippen molar-refractivity contribution in [3.05, 3.63) is 89.1 Å². The van der Waals surface area contributed by atoms with E-state index < -0.39 is 17.6 Å². The van der Waals surface area contributed by atoms with E-state index in [0.29, 0.717) is 28.7 Å². The minimum Gasteiger partial charge on any atom is -0.322 e. The van der Waals surface area contributed by atoms with E-state index in [1.165, 1.54) is 30.6 Å². The number of fused-ring (bicyclic) bond motifs is 2. The summed E-state index contributed by atoms with van der Waals surface area (Å²) in [5.74, 6) is 6.32. The molecule has 2 aliphatic heterocycles. The third-order valence-corrected chi connectivity index (χ3v) is 7.42. The van der Waals surface area contributed by atoms with Crippen LogP contribution in [0.5, 0.6) is 0 Å². The van der Waals surface area contributed by atoms with Crippen molar-refractivity contribution >= 4 is 17.2 Å². The fourth-order valence-electron chi connectivity index (χ4n) is 5.64. The van der Waals surface area contributed by atoms with Gasteiger partial charge in [0, 0.05) is 62.6 Å². The van der Waals surface area contributed by atoms with E-state index in [0.717, 1.165) is 32.2 Å². The van der Waals surface area contributed by atoms with Crippen LogP contribution in [0, 0.1) is 23.7 Å². The maximum atomic E-state index is 14.0. The van der Waals surface area contributed by atoms with Crippen LogP contribution in [0.15, 0.2) is 61.2 Å². The highest BCUT2D eigenvalue weighted by atomic mass is 19.4. The second kappa shape index (κ2) is 10.4. The van der Waals surface area contributed by atoms with Gasteiger partial charge in [0.15, 0.2) is 5.65 Å². The molecule has 204 valence electrons. The van der Waals surface area contributed by atoms with Crippen molar-refractivity contribution in [1.82, 2.24) is 29.4 Å². The molecule has 2 saturated heterocycles. The number of rotatable bonds is 4. The number of amides is 1. The molecule has 2 aliphatic rings. The molecule has 1 N–H and O–H groups in total. The van der Waals surface area contributed by atoms with Crippen molar-refractivity contribution in [2.24, 2.45) is 11.8 Å². The first-order chi connectivity index (χ1) is 19.2. The van der Waals surface area contributed by atoms with Crippen LogP contribution >= 0.6 is 0 Å². The molecular formula is C29H26F3N7O. The van der Waals surface area contributed by atoms with E-state index in [9.17, 15) is 18.0 Å².